The zero-order valence-corrected chi connectivity index (χ0v) is 16.8. The molecule has 3 aromatic heterocycles. The van der Waals surface area contributed by atoms with E-state index in [0.717, 1.165) is 45.2 Å². The smallest absolute Gasteiger partial charge is 0.118 e. The molecule has 4 aromatic rings. The summed E-state index contributed by atoms with van der Waals surface area (Å²) in [7, 11) is 5.57. The molecule has 0 atom stereocenters. The third-order valence-electron chi connectivity index (χ3n) is 5.29. The van der Waals surface area contributed by atoms with Crippen LogP contribution in [-0.4, -0.2) is 36.5 Å². The van der Waals surface area contributed by atoms with Gasteiger partial charge in [0.15, 0.2) is 0 Å². The molecule has 0 aliphatic carbocycles. The van der Waals surface area contributed by atoms with Crippen LogP contribution in [0.15, 0.2) is 42.7 Å². The van der Waals surface area contributed by atoms with E-state index in [1.807, 2.05) is 52.7 Å². The van der Waals surface area contributed by atoms with E-state index in [4.69, 9.17) is 9.84 Å². The van der Waals surface area contributed by atoms with E-state index in [1.54, 1.807) is 7.11 Å². The molecule has 0 spiro atoms. The van der Waals surface area contributed by atoms with Gasteiger partial charge in [-0.25, -0.2) is 0 Å². The Balaban J connectivity index is 1.80. The summed E-state index contributed by atoms with van der Waals surface area (Å²) >= 11 is 0. The van der Waals surface area contributed by atoms with Crippen molar-refractivity contribution in [2.24, 2.45) is 14.1 Å². The summed E-state index contributed by atoms with van der Waals surface area (Å²) < 4.78 is 11.1. The molecular formula is C21H24N6O. The number of hydrogen-bond acceptors (Lipinski definition) is 4. The van der Waals surface area contributed by atoms with Crippen molar-refractivity contribution in [2.75, 3.05) is 7.11 Å². The van der Waals surface area contributed by atoms with E-state index in [1.165, 1.54) is 0 Å². The molecule has 0 fully saturated rings. The topological polar surface area (TPSA) is 62.7 Å². The second-order valence-corrected chi connectivity index (χ2v) is 6.96. The number of hydrogen-bond donors (Lipinski definition) is 0. The molecular weight excluding hydrogens is 352 g/mol. The summed E-state index contributed by atoms with van der Waals surface area (Å²) in [4.78, 5) is 0. The Morgan fingerprint density at radius 2 is 1.50 bits per heavy atom. The van der Waals surface area contributed by atoms with E-state index in [0.29, 0.717) is 6.54 Å². The molecule has 0 radical (unpaired) electrons. The highest BCUT2D eigenvalue weighted by molar-refractivity contribution is 5.70. The summed E-state index contributed by atoms with van der Waals surface area (Å²) in [5.74, 6) is 0.846. The highest BCUT2D eigenvalue weighted by atomic mass is 16.5. The minimum Gasteiger partial charge on any atom is -0.497 e. The normalized spacial score (nSPS) is 11.2. The predicted octanol–water partition coefficient (Wildman–Crippen LogP) is 3.36. The first-order valence-corrected chi connectivity index (χ1v) is 9.16. The summed E-state index contributed by atoms with van der Waals surface area (Å²) in [6.45, 7) is 4.79. The van der Waals surface area contributed by atoms with Gasteiger partial charge in [-0.05, 0) is 37.6 Å². The number of benzene rings is 1. The summed E-state index contributed by atoms with van der Waals surface area (Å²) in [6, 6.07) is 10.2. The highest BCUT2D eigenvalue weighted by Gasteiger charge is 2.18. The number of nitrogens with zero attached hydrogens (tertiary/aromatic N) is 6. The van der Waals surface area contributed by atoms with Gasteiger partial charge < -0.3 is 4.74 Å². The maximum atomic E-state index is 5.27. The molecule has 3 heterocycles. The number of methoxy groups -OCH3 is 1. The fourth-order valence-corrected chi connectivity index (χ4v) is 3.29. The molecule has 0 unspecified atom stereocenters. The second kappa shape index (κ2) is 6.99. The van der Waals surface area contributed by atoms with Gasteiger partial charge in [-0.1, -0.05) is 12.1 Å². The van der Waals surface area contributed by atoms with Crippen molar-refractivity contribution in [1.29, 1.82) is 0 Å². The molecule has 1 aromatic carbocycles. The van der Waals surface area contributed by atoms with Crippen LogP contribution in [-0.2, 0) is 20.6 Å². The van der Waals surface area contributed by atoms with E-state index in [9.17, 15) is 0 Å². The molecule has 144 valence electrons. The van der Waals surface area contributed by atoms with Crippen LogP contribution in [0.4, 0.5) is 0 Å². The Kier molecular flexibility index (Phi) is 4.50. The number of aromatic nitrogens is 6. The maximum Gasteiger partial charge on any atom is 0.118 e. The van der Waals surface area contributed by atoms with Crippen molar-refractivity contribution in [3.8, 4) is 28.3 Å². The zero-order chi connectivity index (χ0) is 19.8. The molecule has 4 rings (SSSR count). The van der Waals surface area contributed by atoms with Gasteiger partial charge in [-0.3, -0.25) is 14.0 Å². The number of ether oxygens (including phenoxy) is 1. The first-order chi connectivity index (χ1) is 13.5. The molecule has 7 heteroatoms. The van der Waals surface area contributed by atoms with Gasteiger partial charge in [0.1, 0.15) is 5.75 Å². The Morgan fingerprint density at radius 3 is 2.04 bits per heavy atom. The Morgan fingerprint density at radius 1 is 0.893 bits per heavy atom. The minimum absolute atomic E-state index is 0.660. The molecule has 7 nitrogen and oxygen atoms in total. The van der Waals surface area contributed by atoms with Crippen molar-refractivity contribution in [3.05, 3.63) is 59.7 Å². The first-order valence-electron chi connectivity index (χ1n) is 9.16. The molecule has 0 N–H and O–H groups in total. The predicted molar refractivity (Wildman–Crippen MR) is 108 cm³/mol. The van der Waals surface area contributed by atoms with Crippen molar-refractivity contribution >= 4 is 0 Å². The molecule has 0 aliphatic heterocycles. The van der Waals surface area contributed by atoms with E-state index in [-0.39, 0.29) is 0 Å². The molecule has 0 saturated carbocycles. The SMILES string of the molecule is COc1ccc(Cn2nc(-c3cnn(C)c3C)cc2-c2cnn(C)c2C)cc1. The lowest BCUT2D eigenvalue weighted by atomic mass is 10.1. The lowest BCUT2D eigenvalue weighted by Gasteiger charge is -2.08. The van der Waals surface area contributed by atoms with E-state index in [2.05, 4.69) is 42.2 Å². The molecule has 0 amide bonds. The maximum absolute atomic E-state index is 5.27. The fourth-order valence-electron chi connectivity index (χ4n) is 3.29. The average molecular weight is 376 g/mol. The average Bonchev–Trinajstić information content (AvgIpc) is 3.35. The third kappa shape index (κ3) is 3.09. The lowest BCUT2D eigenvalue weighted by molar-refractivity contribution is 0.414. The standard InChI is InChI=1S/C21H24N6O/c1-14-18(11-22-25(14)3)20-10-21(19-12-23-26(4)15(19)2)27(24-20)13-16-6-8-17(28-5)9-7-16/h6-12H,13H2,1-5H3. The van der Waals surface area contributed by atoms with E-state index >= 15 is 0 Å². The minimum atomic E-state index is 0.660. The van der Waals surface area contributed by atoms with Crippen molar-refractivity contribution < 1.29 is 4.74 Å². The summed E-state index contributed by atoms with van der Waals surface area (Å²) in [5, 5.41) is 13.7. The molecule has 0 bridgehead atoms. The lowest BCUT2D eigenvalue weighted by Crippen LogP contribution is -2.04. The zero-order valence-electron chi connectivity index (χ0n) is 16.8. The van der Waals surface area contributed by atoms with Crippen LogP contribution in [0.3, 0.4) is 0 Å². The Hall–Kier alpha value is -3.35. The van der Waals surface area contributed by atoms with Crippen LogP contribution in [0.25, 0.3) is 22.5 Å². The quantitative estimate of drug-likeness (QED) is 0.536. The van der Waals surface area contributed by atoms with Gasteiger partial charge in [0.25, 0.3) is 0 Å². The van der Waals surface area contributed by atoms with Gasteiger partial charge in [-0.15, -0.1) is 0 Å². The highest BCUT2D eigenvalue weighted by Crippen LogP contribution is 2.30. The fraction of sp³-hybridized carbons (Fsp3) is 0.286. The van der Waals surface area contributed by atoms with Crippen LogP contribution in [0, 0.1) is 13.8 Å². The summed E-state index contributed by atoms with van der Waals surface area (Å²) in [5.41, 5.74) is 7.42. The molecule has 0 saturated heterocycles. The van der Waals surface area contributed by atoms with Crippen LogP contribution in [0.5, 0.6) is 5.75 Å². The Bertz CT molecular complexity index is 1120. The van der Waals surface area contributed by atoms with Gasteiger partial charge >= 0.3 is 0 Å². The first kappa shape index (κ1) is 18.0. The van der Waals surface area contributed by atoms with Crippen LogP contribution >= 0.6 is 0 Å². The third-order valence-corrected chi connectivity index (χ3v) is 5.29. The second-order valence-electron chi connectivity index (χ2n) is 6.96. The van der Waals surface area contributed by atoms with Crippen molar-refractivity contribution in [3.63, 3.8) is 0 Å². The van der Waals surface area contributed by atoms with Gasteiger partial charge in [-0.2, -0.15) is 15.3 Å². The van der Waals surface area contributed by atoms with Crippen molar-refractivity contribution in [1.82, 2.24) is 29.3 Å². The Labute approximate surface area is 164 Å². The number of aryl methyl sites for hydroxylation is 2. The van der Waals surface area contributed by atoms with E-state index < -0.39 is 0 Å². The van der Waals surface area contributed by atoms with Gasteiger partial charge in [0.05, 0.1) is 37.4 Å². The largest absolute Gasteiger partial charge is 0.497 e. The molecule has 0 aliphatic rings. The monoisotopic (exact) mass is 376 g/mol. The molecule has 28 heavy (non-hydrogen) atoms. The number of rotatable bonds is 5. The van der Waals surface area contributed by atoms with Gasteiger partial charge in [0, 0.05) is 36.6 Å². The van der Waals surface area contributed by atoms with Crippen LogP contribution in [0.2, 0.25) is 0 Å². The summed E-state index contributed by atoms with van der Waals surface area (Å²) in [6.07, 6.45) is 3.77. The van der Waals surface area contributed by atoms with Gasteiger partial charge in [0.2, 0.25) is 0 Å². The van der Waals surface area contributed by atoms with Crippen LogP contribution < -0.4 is 4.74 Å². The van der Waals surface area contributed by atoms with Crippen LogP contribution in [0.1, 0.15) is 17.0 Å². The van der Waals surface area contributed by atoms with Crippen molar-refractivity contribution in [2.45, 2.75) is 20.4 Å².